The van der Waals surface area contributed by atoms with Gasteiger partial charge in [0, 0.05) is 37.3 Å². The molecule has 6 nitrogen and oxygen atoms in total. The van der Waals surface area contributed by atoms with E-state index in [1.165, 1.54) is 6.92 Å². The summed E-state index contributed by atoms with van der Waals surface area (Å²) in [5.74, 6) is -0.407. The molecule has 25 heavy (non-hydrogen) atoms. The van der Waals surface area contributed by atoms with Crippen LogP contribution in [0.1, 0.15) is 34.1 Å². The average molecular weight is 372 g/mol. The van der Waals surface area contributed by atoms with Crippen molar-refractivity contribution < 1.29 is 30.1 Å². The lowest BCUT2D eigenvalue weighted by atomic mass is 10.2. The maximum absolute atomic E-state index is 13.3. The number of ether oxygens (including phenoxy) is 2. The van der Waals surface area contributed by atoms with Gasteiger partial charge in [0.2, 0.25) is 0 Å². The Labute approximate surface area is 165 Å². The van der Waals surface area contributed by atoms with Gasteiger partial charge in [-0.3, -0.25) is 9.19 Å². The van der Waals surface area contributed by atoms with Crippen molar-refractivity contribution >= 4 is 21.8 Å². The first-order chi connectivity index (χ1) is 16.8. The Morgan fingerprint density at radius 2 is 2.20 bits per heavy atom. The molecule has 1 N–H and O–H groups in total. The number of pyridine rings is 1. The first kappa shape index (κ1) is 7.97. The van der Waals surface area contributed by atoms with Gasteiger partial charge < -0.3 is 14.5 Å². The van der Waals surface area contributed by atoms with Crippen molar-refractivity contribution in [1.82, 2.24) is 15.0 Å². The van der Waals surface area contributed by atoms with Gasteiger partial charge >= 0.3 is 0 Å². The molecule has 0 saturated heterocycles. The lowest BCUT2D eigenvalue weighted by Gasteiger charge is -2.11. The molecule has 1 atom stereocenters. The van der Waals surface area contributed by atoms with Crippen LogP contribution in [0.4, 0.5) is 0 Å². The van der Waals surface area contributed by atoms with E-state index in [2.05, 4.69) is 19.7 Å². The standard InChI is InChI=1S/C18H21N3O3S/c1-13-16(19-9-8-17(13)24-11-5-10-23-2)12-25(22)18-20-14-6-3-4-7-15(14)21-18/h3-4,6-9H,5,10-12H2,1-2H3,(H,20,21)/i3D,4D,5D2,6D,7D,10D2,11D2,12D2. The molecule has 0 amide bonds. The number of hydrogen-bond donors (Lipinski definition) is 1. The zero-order valence-electron chi connectivity index (χ0n) is 25.2. The Morgan fingerprint density at radius 1 is 1.36 bits per heavy atom. The van der Waals surface area contributed by atoms with Crippen LogP contribution in [-0.4, -0.2) is 39.4 Å². The summed E-state index contributed by atoms with van der Waals surface area (Å²) in [5, 5.41) is -0.500. The van der Waals surface area contributed by atoms with E-state index in [0.717, 1.165) is 19.4 Å². The summed E-state index contributed by atoms with van der Waals surface area (Å²) < 4.78 is 118. The van der Waals surface area contributed by atoms with Crippen molar-refractivity contribution in [2.45, 2.75) is 24.2 Å². The van der Waals surface area contributed by atoms with Gasteiger partial charge in [-0.2, -0.15) is 0 Å². The van der Waals surface area contributed by atoms with Crippen molar-refractivity contribution in [3.8, 4) is 5.75 Å². The number of nitrogens with zero attached hydrogens (tertiary/aromatic N) is 2. The van der Waals surface area contributed by atoms with Gasteiger partial charge in [-0.25, -0.2) is 4.98 Å². The van der Waals surface area contributed by atoms with E-state index in [0.29, 0.717) is 0 Å². The van der Waals surface area contributed by atoms with Crippen molar-refractivity contribution in [3.63, 3.8) is 0 Å². The number of fused-ring (bicyclic) bond motifs is 1. The fourth-order valence-corrected chi connectivity index (χ4v) is 2.67. The molecule has 2 aromatic heterocycles. The number of H-pyrrole nitrogens is 1. The summed E-state index contributed by atoms with van der Waals surface area (Å²) in [6.07, 6.45) is -2.32. The summed E-state index contributed by atoms with van der Waals surface area (Å²) in [7, 11) is -1.81. The highest BCUT2D eigenvalue weighted by molar-refractivity contribution is 7.84. The van der Waals surface area contributed by atoms with Crippen LogP contribution >= 0.6 is 0 Å². The van der Waals surface area contributed by atoms with Crippen LogP contribution in [0.15, 0.2) is 41.6 Å². The number of methoxy groups -OCH3 is 1. The van der Waals surface area contributed by atoms with E-state index in [1.54, 1.807) is 0 Å². The predicted octanol–water partition coefficient (Wildman–Crippen LogP) is 2.99. The number of aromatic amines is 1. The fraction of sp³-hybridized carbons (Fsp3) is 0.333. The third-order valence-corrected chi connectivity index (χ3v) is 3.92. The first-order valence-corrected chi connectivity index (χ1v) is 8.05. The molecule has 0 radical (unpaired) electrons. The Balaban J connectivity index is 2.05. The van der Waals surface area contributed by atoms with Crippen molar-refractivity contribution in [2.24, 2.45) is 0 Å². The maximum atomic E-state index is 13.3. The van der Waals surface area contributed by atoms with E-state index in [4.69, 9.17) is 21.2 Å². The minimum absolute atomic E-state index is 0.168. The normalized spacial score (nSPS) is 21.7. The molecule has 0 fully saturated rings. The number of hydrogen-bond acceptors (Lipinski definition) is 5. The third-order valence-electron chi connectivity index (χ3n) is 3.00. The lowest BCUT2D eigenvalue weighted by Crippen LogP contribution is -2.06. The van der Waals surface area contributed by atoms with Gasteiger partial charge in [-0.05, 0) is 25.1 Å². The average Bonchev–Trinajstić information content (AvgIpc) is 3.27. The molecule has 0 spiro atoms. The van der Waals surface area contributed by atoms with Crippen molar-refractivity contribution in [3.05, 3.63) is 47.7 Å². The highest BCUT2D eigenvalue weighted by Gasteiger charge is 2.14. The molecular weight excluding hydrogens is 338 g/mol. The molecule has 3 aromatic rings. The number of para-hydroxylation sites is 2. The SMILES string of the molecule is [2H]c1c([2H])c([2H])c2[nH]c(S(=O)C([2H])([2H])c3nccc(OC([2H])([2H])C([2H])([2H])C([2H])([2H])OC)c3C)nc2c1[2H]. The molecule has 1 unspecified atom stereocenters. The van der Waals surface area contributed by atoms with Gasteiger partial charge in [-0.15, -0.1) is 0 Å². The largest absolute Gasteiger partial charge is 0.493 e. The van der Waals surface area contributed by atoms with Gasteiger partial charge in [0.15, 0.2) is 5.16 Å². The van der Waals surface area contributed by atoms with Crippen molar-refractivity contribution in [2.75, 3.05) is 20.2 Å². The zero-order chi connectivity index (χ0) is 28.3. The zero-order valence-corrected chi connectivity index (χ0v) is 14.0. The molecular formula is C18H21N3O3S. The van der Waals surface area contributed by atoms with Crippen LogP contribution in [0.3, 0.4) is 0 Å². The quantitative estimate of drug-likeness (QED) is 0.659. The van der Waals surface area contributed by atoms with Crippen LogP contribution < -0.4 is 4.74 Å². The summed E-state index contributed by atoms with van der Waals surface area (Å²) in [4.78, 5) is 10.3. The lowest BCUT2D eigenvalue weighted by molar-refractivity contribution is 0.172. The molecule has 0 saturated carbocycles. The molecule has 0 aliphatic rings. The summed E-state index contributed by atoms with van der Waals surface area (Å²) >= 11 is 0. The number of imidazole rings is 1. The minimum Gasteiger partial charge on any atom is -0.493 e. The molecule has 0 aliphatic heterocycles. The van der Waals surface area contributed by atoms with Gasteiger partial charge in [0.1, 0.15) is 5.75 Å². The van der Waals surface area contributed by atoms with Gasteiger partial charge in [0.05, 0.1) is 50.8 Å². The van der Waals surface area contributed by atoms with Crippen molar-refractivity contribution in [1.29, 1.82) is 0 Å². The second-order valence-electron chi connectivity index (χ2n) is 4.55. The van der Waals surface area contributed by atoms with Gasteiger partial charge in [-0.1, -0.05) is 12.1 Å². The predicted molar refractivity (Wildman–Crippen MR) is 97.2 cm³/mol. The highest BCUT2D eigenvalue weighted by atomic mass is 32.2. The summed E-state index contributed by atoms with van der Waals surface area (Å²) in [6.45, 7) is -5.15. The minimum atomic E-state index is -3.32. The summed E-state index contributed by atoms with van der Waals surface area (Å²) in [6, 6.07) is -1.02. The number of rotatable bonds is 8. The smallest absolute Gasteiger partial charge is 0.197 e. The molecule has 7 heteroatoms. The molecule has 2 heterocycles. The maximum Gasteiger partial charge on any atom is 0.197 e. The Hall–Kier alpha value is -2.25. The van der Waals surface area contributed by atoms with E-state index < -0.39 is 76.8 Å². The number of nitrogens with one attached hydrogen (secondary N) is 1. The Morgan fingerprint density at radius 3 is 3.04 bits per heavy atom. The third kappa shape index (κ3) is 4.24. The van der Waals surface area contributed by atoms with E-state index >= 15 is 0 Å². The van der Waals surface area contributed by atoms with Crippen LogP contribution in [-0.2, 0) is 21.2 Å². The molecule has 3 rings (SSSR count). The number of aromatic nitrogens is 3. The topological polar surface area (TPSA) is 77.1 Å². The number of benzene rings is 1. The van der Waals surface area contributed by atoms with E-state index in [9.17, 15) is 4.21 Å². The second-order valence-corrected chi connectivity index (χ2v) is 5.68. The van der Waals surface area contributed by atoms with E-state index in [-0.39, 0.29) is 16.6 Å². The molecule has 132 valence electrons. The summed E-state index contributed by atoms with van der Waals surface area (Å²) in [5.41, 5.74) is -3.89. The van der Waals surface area contributed by atoms with Gasteiger partial charge in [0.25, 0.3) is 0 Å². The molecule has 0 bridgehead atoms. The Kier molecular flexibility index (Phi) is 2.62. The molecule has 1 aromatic carbocycles. The Bertz CT molecular complexity index is 1350. The first-order valence-electron chi connectivity index (χ1n) is 12.9. The highest BCUT2D eigenvalue weighted by Crippen LogP contribution is 2.22. The van der Waals surface area contributed by atoms with Crippen LogP contribution in [0.25, 0.3) is 11.0 Å². The second kappa shape index (κ2) is 8.22. The molecule has 0 aliphatic carbocycles. The van der Waals surface area contributed by atoms with E-state index in [1.807, 2.05) is 0 Å². The fourth-order valence-electron chi connectivity index (χ4n) is 1.82. The monoisotopic (exact) mass is 371 g/mol. The van der Waals surface area contributed by atoms with Crippen LogP contribution in [0.5, 0.6) is 5.75 Å². The van der Waals surface area contributed by atoms with Crippen LogP contribution in [0.2, 0.25) is 0 Å². The van der Waals surface area contributed by atoms with Crippen LogP contribution in [0, 0.1) is 6.92 Å².